The van der Waals surface area contributed by atoms with E-state index >= 15 is 0 Å². The van der Waals surface area contributed by atoms with Crippen molar-refractivity contribution in [2.45, 2.75) is 39.0 Å². The molecule has 2 aromatic rings. The number of carbonyl (C=O) groups excluding carboxylic acids is 1. The highest BCUT2D eigenvalue weighted by molar-refractivity contribution is 5.93. The molecule has 0 aliphatic carbocycles. The number of rotatable bonds is 19. The first-order valence-corrected chi connectivity index (χ1v) is 11.3. The van der Waals surface area contributed by atoms with Crippen molar-refractivity contribution in [1.82, 2.24) is 15.6 Å². The molecule has 1 amide bonds. The lowest BCUT2D eigenvalue weighted by Gasteiger charge is -2.08. The predicted molar refractivity (Wildman–Crippen MR) is 121 cm³/mol. The SMILES string of the molecule is CCCOCCOCCOCCNC(=O)CCCCCNc1ccc([N+](=O)[O-])c2nonc12. The molecule has 12 nitrogen and oxygen atoms in total. The van der Waals surface area contributed by atoms with Crippen molar-refractivity contribution in [2.24, 2.45) is 0 Å². The Morgan fingerprint density at radius 1 is 0.970 bits per heavy atom. The molecule has 0 saturated carbocycles. The van der Waals surface area contributed by atoms with Crippen molar-refractivity contribution in [3.8, 4) is 0 Å². The summed E-state index contributed by atoms with van der Waals surface area (Å²) in [6, 6.07) is 2.97. The molecule has 0 fully saturated rings. The predicted octanol–water partition coefficient (Wildman–Crippen LogP) is 2.68. The van der Waals surface area contributed by atoms with Crippen molar-refractivity contribution in [2.75, 3.05) is 58.0 Å². The van der Waals surface area contributed by atoms with E-state index in [9.17, 15) is 14.9 Å². The van der Waals surface area contributed by atoms with E-state index in [-0.39, 0.29) is 17.1 Å². The highest BCUT2D eigenvalue weighted by Crippen LogP contribution is 2.28. The lowest BCUT2D eigenvalue weighted by atomic mass is 10.1. The topological polar surface area (TPSA) is 151 Å². The highest BCUT2D eigenvalue weighted by atomic mass is 16.6. The molecule has 0 aliphatic rings. The van der Waals surface area contributed by atoms with Crippen LogP contribution in [0, 0.1) is 10.1 Å². The summed E-state index contributed by atoms with van der Waals surface area (Å²) in [5, 5.41) is 24.4. The first kappa shape index (κ1) is 26.4. The number of nitrogens with one attached hydrogen (secondary N) is 2. The lowest BCUT2D eigenvalue weighted by molar-refractivity contribution is -0.383. The maximum atomic E-state index is 11.9. The number of aromatic nitrogens is 2. The van der Waals surface area contributed by atoms with Gasteiger partial charge < -0.3 is 24.8 Å². The van der Waals surface area contributed by atoms with E-state index in [4.69, 9.17) is 14.2 Å². The number of unbranched alkanes of at least 4 members (excludes halogenated alkanes) is 2. The van der Waals surface area contributed by atoms with Crippen LogP contribution in [0.1, 0.15) is 39.0 Å². The standard InChI is InChI=1S/C21H33N5O7/c1-2-11-30-13-15-32-16-14-31-12-10-23-19(27)6-4-3-5-9-22-17-7-8-18(26(28)29)21-20(17)24-33-25-21/h7-8,22H,2-6,9-16H2,1H3,(H,23,27). The van der Waals surface area contributed by atoms with Crippen molar-refractivity contribution in [3.63, 3.8) is 0 Å². The molecule has 184 valence electrons. The van der Waals surface area contributed by atoms with Gasteiger partial charge >= 0.3 is 5.69 Å². The van der Waals surface area contributed by atoms with E-state index in [1.165, 1.54) is 6.07 Å². The second kappa shape index (κ2) is 15.9. The Hall–Kier alpha value is -2.83. The third-order valence-electron chi connectivity index (χ3n) is 4.65. The summed E-state index contributed by atoms with van der Waals surface area (Å²) in [5.41, 5.74) is 0.938. The second-order valence-electron chi connectivity index (χ2n) is 7.28. The number of nitro groups is 1. The maximum absolute atomic E-state index is 11.9. The monoisotopic (exact) mass is 467 g/mol. The zero-order chi connectivity index (χ0) is 23.7. The van der Waals surface area contributed by atoms with Gasteiger partial charge in [0.15, 0.2) is 5.52 Å². The molecule has 0 bridgehead atoms. The molecule has 0 unspecified atom stereocenters. The van der Waals surface area contributed by atoms with Gasteiger partial charge in [0.05, 0.1) is 43.6 Å². The average Bonchev–Trinajstić information content (AvgIpc) is 3.29. The minimum atomic E-state index is -0.520. The van der Waals surface area contributed by atoms with Crippen LogP contribution in [-0.4, -0.2) is 73.9 Å². The fraction of sp³-hybridized carbons (Fsp3) is 0.667. The molecule has 0 saturated heterocycles. The van der Waals surface area contributed by atoms with Crippen LogP contribution in [0.3, 0.4) is 0 Å². The van der Waals surface area contributed by atoms with Crippen LogP contribution < -0.4 is 10.6 Å². The Balaban J connectivity index is 1.45. The van der Waals surface area contributed by atoms with Crippen molar-refractivity contribution >= 4 is 28.3 Å². The molecule has 0 aliphatic heterocycles. The van der Waals surface area contributed by atoms with Gasteiger partial charge in [0, 0.05) is 32.2 Å². The van der Waals surface area contributed by atoms with Crippen LogP contribution in [0.5, 0.6) is 0 Å². The number of amides is 1. The number of nitrogens with zero attached hydrogens (tertiary/aromatic N) is 3. The molecule has 1 heterocycles. The molecular weight excluding hydrogens is 434 g/mol. The number of hydrogen-bond donors (Lipinski definition) is 2. The molecular formula is C21H33N5O7. The number of carbonyl (C=O) groups is 1. The van der Waals surface area contributed by atoms with Gasteiger partial charge in [0.2, 0.25) is 11.4 Å². The smallest absolute Gasteiger partial charge is 0.300 e. The fourth-order valence-corrected chi connectivity index (χ4v) is 2.99. The normalized spacial score (nSPS) is 11.1. The number of non-ortho nitro benzene ring substituents is 1. The van der Waals surface area contributed by atoms with Gasteiger partial charge in [-0.1, -0.05) is 13.3 Å². The molecule has 1 aromatic carbocycles. The summed E-state index contributed by atoms with van der Waals surface area (Å²) in [6.45, 7) is 6.54. The van der Waals surface area contributed by atoms with Crippen LogP contribution in [0.4, 0.5) is 11.4 Å². The van der Waals surface area contributed by atoms with Crippen molar-refractivity contribution in [1.29, 1.82) is 0 Å². The number of nitro benzene ring substituents is 1. The summed E-state index contributed by atoms with van der Waals surface area (Å²) in [6.07, 6.45) is 3.92. The maximum Gasteiger partial charge on any atom is 0.300 e. The van der Waals surface area contributed by atoms with E-state index in [0.717, 1.165) is 32.3 Å². The molecule has 12 heteroatoms. The second-order valence-corrected chi connectivity index (χ2v) is 7.28. The number of ether oxygens (including phenoxy) is 3. The first-order valence-electron chi connectivity index (χ1n) is 11.3. The molecule has 33 heavy (non-hydrogen) atoms. The zero-order valence-corrected chi connectivity index (χ0v) is 19.0. The summed E-state index contributed by atoms with van der Waals surface area (Å²) in [5.74, 6) is 0.00151. The number of anilines is 1. The Morgan fingerprint density at radius 3 is 2.39 bits per heavy atom. The number of hydrogen-bond acceptors (Lipinski definition) is 10. The molecule has 0 spiro atoms. The Bertz CT molecular complexity index is 846. The largest absolute Gasteiger partial charge is 0.383 e. The van der Waals surface area contributed by atoms with Gasteiger partial charge in [-0.25, -0.2) is 4.63 Å². The average molecular weight is 468 g/mol. The van der Waals surface area contributed by atoms with Gasteiger partial charge in [0.1, 0.15) is 0 Å². The molecule has 2 rings (SSSR count). The fourth-order valence-electron chi connectivity index (χ4n) is 2.99. The third-order valence-corrected chi connectivity index (χ3v) is 4.65. The quantitative estimate of drug-likeness (QED) is 0.179. The Kier molecular flexibility index (Phi) is 12.7. The summed E-state index contributed by atoms with van der Waals surface area (Å²) < 4.78 is 20.7. The van der Waals surface area contributed by atoms with Crippen LogP contribution in [-0.2, 0) is 19.0 Å². The lowest BCUT2D eigenvalue weighted by Crippen LogP contribution is -2.27. The van der Waals surface area contributed by atoms with E-state index in [1.807, 2.05) is 0 Å². The van der Waals surface area contributed by atoms with Crippen LogP contribution in [0.25, 0.3) is 11.0 Å². The van der Waals surface area contributed by atoms with E-state index in [1.54, 1.807) is 6.07 Å². The minimum Gasteiger partial charge on any atom is -0.383 e. The zero-order valence-electron chi connectivity index (χ0n) is 19.0. The van der Waals surface area contributed by atoms with Gasteiger partial charge in [-0.05, 0) is 35.6 Å². The van der Waals surface area contributed by atoms with Crippen LogP contribution in [0.15, 0.2) is 16.8 Å². The van der Waals surface area contributed by atoms with Crippen LogP contribution >= 0.6 is 0 Å². The van der Waals surface area contributed by atoms with E-state index in [0.29, 0.717) is 63.7 Å². The summed E-state index contributed by atoms with van der Waals surface area (Å²) in [4.78, 5) is 22.4. The van der Waals surface area contributed by atoms with Gasteiger partial charge in [-0.15, -0.1) is 0 Å². The van der Waals surface area contributed by atoms with Gasteiger partial charge in [-0.2, -0.15) is 0 Å². The first-order chi connectivity index (χ1) is 16.1. The highest BCUT2D eigenvalue weighted by Gasteiger charge is 2.19. The molecule has 0 radical (unpaired) electrons. The Labute approximate surface area is 192 Å². The summed E-state index contributed by atoms with van der Waals surface area (Å²) >= 11 is 0. The Morgan fingerprint density at radius 2 is 1.67 bits per heavy atom. The van der Waals surface area contributed by atoms with Crippen molar-refractivity contribution < 1.29 is 28.6 Å². The van der Waals surface area contributed by atoms with Gasteiger partial charge in [-0.3, -0.25) is 14.9 Å². The van der Waals surface area contributed by atoms with Gasteiger partial charge in [0.25, 0.3) is 0 Å². The minimum absolute atomic E-state index is 0.00151. The van der Waals surface area contributed by atoms with Crippen LogP contribution in [0.2, 0.25) is 0 Å². The third kappa shape index (κ3) is 10.1. The molecule has 2 N–H and O–H groups in total. The van der Waals surface area contributed by atoms with E-state index < -0.39 is 4.92 Å². The molecule has 0 atom stereocenters. The number of fused-ring (bicyclic) bond motifs is 1. The van der Waals surface area contributed by atoms with Crippen molar-refractivity contribution in [3.05, 3.63) is 22.2 Å². The molecule has 1 aromatic heterocycles. The van der Waals surface area contributed by atoms with E-state index in [2.05, 4.69) is 32.5 Å². The number of benzene rings is 1. The summed E-state index contributed by atoms with van der Waals surface area (Å²) in [7, 11) is 0.